The number of methoxy groups -OCH3 is 1. The number of hydrazone groups is 1. The zero-order valence-corrected chi connectivity index (χ0v) is 18.3. The van der Waals surface area contributed by atoms with Gasteiger partial charge in [-0.3, -0.25) is 9.69 Å². The minimum Gasteiger partial charge on any atom is -0.496 e. The van der Waals surface area contributed by atoms with Gasteiger partial charge in [-0.25, -0.2) is 9.40 Å². The summed E-state index contributed by atoms with van der Waals surface area (Å²) in [5.41, 5.74) is 2.46. The second-order valence-electron chi connectivity index (χ2n) is 7.88. The molecular weight excluding hydrogens is 411 g/mol. The Morgan fingerprint density at radius 2 is 1.94 bits per heavy atom. The highest BCUT2D eigenvalue weighted by Gasteiger charge is 2.34. The van der Waals surface area contributed by atoms with Gasteiger partial charge in [0.25, 0.3) is 5.91 Å². The summed E-state index contributed by atoms with van der Waals surface area (Å²) in [6.45, 7) is 5.13. The summed E-state index contributed by atoms with van der Waals surface area (Å²) in [5, 5.41) is 9.43. The summed E-state index contributed by atoms with van der Waals surface area (Å²) < 4.78 is 24.3. The Morgan fingerprint density at radius 1 is 1.19 bits per heavy atom. The minimum atomic E-state index is -0.300. The molecule has 4 rings (SSSR count). The number of nitrogens with one attached hydrogen (secondary N) is 1. The van der Waals surface area contributed by atoms with Gasteiger partial charge in [0.15, 0.2) is 0 Å². The molecule has 32 heavy (non-hydrogen) atoms. The van der Waals surface area contributed by atoms with Crippen molar-refractivity contribution in [2.75, 3.05) is 53.0 Å². The molecule has 2 aromatic carbocycles. The van der Waals surface area contributed by atoms with Crippen LogP contribution in [0.2, 0.25) is 0 Å². The van der Waals surface area contributed by atoms with Crippen molar-refractivity contribution in [2.45, 2.75) is 12.5 Å². The molecular formula is C24H29FN4O3. The van der Waals surface area contributed by atoms with E-state index >= 15 is 0 Å². The Morgan fingerprint density at radius 3 is 2.69 bits per heavy atom. The lowest BCUT2D eigenvalue weighted by Gasteiger charge is -2.27. The van der Waals surface area contributed by atoms with Crippen LogP contribution in [0.15, 0.2) is 53.6 Å². The van der Waals surface area contributed by atoms with E-state index in [0.29, 0.717) is 18.7 Å². The molecule has 2 aliphatic heterocycles. The Labute approximate surface area is 187 Å². The smallest absolute Gasteiger partial charge is 0.257 e. The van der Waals surface area contributed by atoms with Crippen LogP contribution in [0.1, 0.15) is 23.6 Å². The standard InChI is InChI=1S/C24H29FN4O3/c1-31-23-5-3-2-4-20(23)22-16-21(18-6-8-19(25)9-7-18)27-29(22)24(30)17-26-10-11-28-12-14-32-15-13-28/h2-9,22,26H,10-17H2,1H3. The number of benzene rings is 2. The number of rotatable bonds is 8. The fourth-order valence-corrected chi connectivity index (χ4v) is 4.08. The summed E-state index contributed by atoms with van der Waals surface area (Å²) in [7, 11) is 1.62. The third-order valence-electron chi connectivity index (χ3n) is 5.83. The first kappa shape index (κ1) is 22.4. The predicted octanol–water partition coefficient (Wildman–Crippen LogP) is 2.43. The van der Waals surface area contributed by atoms with E-state index < -0.39 is 0 Å². The van der Waals surface area contributed by atoms with E-state index in [1.165, 1.54) is 17.1 Å². The number of carbonyl (C=O) groups excluding carboxylic acids is 1. The normalized spacial score (nSPS) is 19.1. The Balaban J connectivity index is 1.46. The second kappa shape index (κ2) is 10.7. The van der Waals surface area contributed by atoms with E-state index in [9.17, 15) is 9.18 Å². The van der Waals surface area contributed by atoms with Crippen LogP contribution in [-0.2, 0) is 9.53 Å². The van der Waals surface area contributed by atoms with Gasteiger partial charge in [0.1, 0.15) is 11.6 Å². The highest BCUT2D eigenvalue weighted by Crippen LogP contribution is 2.37. The van der Waals surface area contributed by atoms with Crippen LogP contribution in [0, 0.1) is 5.82 Å². The number of nitrogens with zero attached hydrogens (tertiary/aromatic N) is 3. The number of amides is 1. The van der Waals surface area contributed by atoms with Crippen LogP contribution >= 0.6 is 0 Å². The fourth-order valence-electron chi connectivity index (χ4n) is 4.08. The number of para-hydroxylation sites is 1. The van der Waals surface area contributed by atoms with Gasteiger partial charge in [0.2, 0.25) is 0 Å². The van der Waals surface area contributed by atoms with Crippen molar-refractivity contribution >= 4 is 11.6 Å². The average Bonchev–Trinajstić information content (AvgIpc) is 3.28. The molecule has 1 amide bonds. The molecule has 2 heterocycles. The lowest BCUT2D eigenvalue weighted by molar-refractivity contribution is -0.132. The fraction of sp³-hybridized carbons (Fsp3) is 0.417. The second-order valence-corrected chi connectivity index (χ2v) is 7.88. The van der Waals surface area contributed by atoms with Crippen molar-refractivity contribution in [3.63, 3.8) is 0 Å². The van der Waals surface area contributed by atoms with E-state index in [4.69, 9.17) is 9.47 Å². The molecule has 2 aromatic rings. The molecule has 1 fully saturated rings. The van der Waals surface area contributed by atoms with Crippen molar-refractivity contribution in [3.8, 4) is 5.75 Å². The van der Waals surface area contributed by atoms with Crippen LogP contribution < -0.4 is 10.1 Å². The van der Waals surface area contributed by atoms with Gasteiger partial charge in [-0.05, 0) is 23.8 Å². The van der Waals surface area contributed by atoms with Crippen LogP contribution in [0.4, 0.5) is 4.39 Å². The van der Waals surface area contributed by atoms with Crippen LogP contribution in [0.5, 0.6) is 5.75 Å². The molecule has 1 saturated heterocycles. The van der Waals surface area contributed by atoms with Crippen molar-refractivity contribution in [2.24, 2.45) is 5.10 Å². The molecule has 1 N–H and O–H groups in total. The Bertz CT molecular complexity index is 945. The van der Waals surface area contributed by atoms with Gasteiger partial charge in [-0.1, -0.05) is 30.3 Å². The molecule has 2 aliphatic rings. The Hall–Kier alpha value is -2.81. The monoisotopic (exact) mass is 440 g/mol. The van der Waals surface area contributed by atoms with Crippen molar-refractivity contribution in [3.05, 3.63) is 65.5 Å². The quantitative estimate of drug-likeness (QED) is 0.639. The maximum absolute atomic E-state index is 13.4. The molecule has 1 atom stereocenters. The molecule has 0 radical (unpaired) electrons. The zero-order chi connectivity index (χ0) is 22.3. The number of hydrogen-bond acceptors (Lipinski definition) is 6. The lowest BCUT2D eigenvalue weighted by atomic mass is 9.97. The van der Waals surface area contributed by atoms with Gasteiger partial charge < -0.3 is 14.8 Å². The molecule has 1 unspecified atom stereocenters. The van der Waals surface area contributed by atoms with Crippen LogP contribution in [-0.4, -0.2) is 74.6 Å². The van der Waals surface area contributed by atoms with Crippen molar-refractivity contribution < 1.29 is 18.7 Å². The molecule has 8 heteroatoms. The number of ether oxygens (including phenoxy) is 2. The van der Waals surface area contributed by atoms with Gasteiger partial charge >= 0.3 is 0 Å². The summed E-state index contributed by atoms with van der Waals surface area (Å²) in [6.07, 6.45) is 0.533. The first-order valence-electron chi connectivity index (χ1n) is 10.9. The summed E-state index contributed by atoms with van der Waals surface area (Å²) in [6, 6.07) is 13.6. The number of carbonyl (C=O) groups is 1. The van der Waals surface area contributed by atoms with Crippen molar-refractivity contribution in [1.29, 1.82) is 0 Å². The molecule has 0 bridgehead atoms. The summed E-state index contributed by atoms with van der Waals surface area (Å²) in [5.74, 6) is 0.303. The van der Waals surface area contributed by atoms with E-state index in [2.05, 4.69) is 15.3 Å². The third kappa shape index (κ3) is 5.32. The molecule has 0 aliphatic carbocycles. The average molecular weight is 441 g/mol. The van der Waals surface area contributed by atoms with Gasteiger partial charge in [0, 0.05) is 38.2 Å². The van der Waals surface area contributed by atoms with E-state index in [-0.39, 0.29) is 24.3 Å². The highest BCUT2D eigenvalue weighted by molar-refractivity contribution is 6.03. The molecule has 0 aromatic heterocycles. The topological polar surface area (TPSA) is 66.4 Å². The van der Waals surface area contributed by atoms with Crippen LogP contribution in [0.3, 0.4) is 0 Å². The number of morpholine rings is 1. The van der Waals surface area contributed by atoms with Crippen molar-refractivity contribution in [1.82, 2.24) is 15.2 Å². The third-order valence-corrected chi connectivity index (χ3v) is 5.83. The number of hydrogen-bond donors (Lipinski definition) is 1. The largest absolute Gasteiger partial charge is 0.496 e. The SMILES string of the molecule is COc1ccccc1C1CC(c2ccc(F)cc2)=NN1C(=O)CNCCN1CCOCC1. The highest BCUT2D eigenvalue weighted by atomic mass is 19.1. The molecule has 0 spiro atoms. The maximum atomic E-state index is 13.4. The zero-order valence-electron chi connectivity index (χ0n) is 18.3. The summed E-state index contributed by atoms with van der Waals surface area (Å²) in [4.78, 5) is 15.5. The predicted molar refractivity (Wildman–Crippen MR) is 120 cm³/mol. The maximum Gasteiger partial charge on any atom is 0.257 e. The first-order chi connectivity index (χ1) is 15.7. The van der Waals surface area contributed by atoms with Crippen LogP contribution in [0.25, 0.3) is 0 Å². The first-order valence-corrected chi connectivity index (χ1v) is 10.9. The Kier molecular flexibility index (Phi) is 7.47. The number of halogens is 1. The van der Waals surface area contributed by atoms with Gasteiger partial charge in [-0.2, -0.15) is 5.10 Å². The van der Waals surface area contributed by atoms with E-state index in [1.54, 1.807) is 19.2 Å². The molecule has 170 valence electrons. The van der Waals surface area contributed by atoms with Gasteiger partial charge in [0.05, 0.1) is 38.6 Å². The minimum absolute atomic E-state index is 0.111. The molecule has 7 nitrogen and oxygen atoms in total. The summed E-state index contributed by atoms with van der Waals surface area (Å²) >= 11 is 0. The lowest BCUT2D eigenvalue weighted by Crippen LogP contribution is -2.42. The van der Waals surface area contributed by atoms with E-state index in [1.807, 2.05) is 24.3 Å². The van der Waals surface area contributed by atoms with Gasteiger partial charge in [-0.15, -0.1) is 0 Å². The molecule has 0 saturated carbocycles. The van der Waals surface area contributed by atoms with E-state index in [0.717, 1.165) is 49.7 Å².